The molecule has 150 valence electrons. The predicted octanol–water partition coefficient (Wildman–Crippen LogP) is 3.07. The van der Waals surface area contributed by atoms with Crippen molar-refractivity contribution >= 4 is 40.5 Å². The SMILES string of the molecule is NC(=O)NC(=O)COC(=O)c1c2c(nc3ccccc13)/C(=C/c1ccccc1)CC2. The topological polar surface area (TPSA) is 111 Å². The number of fused-ring (bicyclic) bond motifs is 2. The van der Waals surface area contributed by atoms with E-state index in [9.17, 15) is 14.4 Å². The second-order valence-electron chi connectivity index (χ2n) is 6.90. The summed E-state index contributed by atoms with van der Waals surface area (Å²) in [5, 5.41) is 2.54. The molecule has 0 atom stereocenters. The summed E-state index contributed by atoms with van der Waals surface area (Å²) >= 11 is 0. The summed E-state index contributed by atoms with van der Waals surface area (Å²) in [4.78, 5) is 40.1. The Bertz CT molecular complexity index is 1190. The largest absolute Gasteiger partial charge is 0.452 e. The number of nitrogens with zero attached hydrogens (tertiary/aromatic N) is 1. The standard InChI is InChI=1S/C23H19N3O4/c24-23(29)26-19(27)13-30-22(28)20-16-8-4-5-9-18(16)25-21-15(10-11-17(20)21)12-14-6-2-1-3-7-14/h1-9,12H,10-11,13H2,(H3,24,26,27,29)/b15-12+. The first kappa shape index (κ1) is 19.3. The number of benzene rings is 2. The maximum absolute atomic E-state index is 12.9. The van der Waals surface area contributed by atoms with Crippen LogP contribution in [0.2, 0.25) is 0 Å². The zero-order valence-electron chi connectivity index (χ0n) is 16.1. The van der Waals surface area contributed by atoms with Crippen LogP contribution in [0.25, 0.3) is 22.6 Å². The Labute approximate surface area is 172 Å². The molecule has 4 rings (SSSR count). The molecule has 3 N–H and O–H groups in total. The van der Waals surface area contributed by atoms with Crippen molar-refractivity contribution in [3.05, 3.63) is 77.0 Å². The third kappa shape index (κ3) is 3.91. The summed E-state index contributed by atoms with van der Waals surface area (Å²) < 4.78 is 5.17. The zero-order chi connectivity index (χ0) is 21.1. The van der Waals surface area contributed by atoms with E-state index in [1.807, 2.05) is 59.9 Å². The first-order chi connectivity index (χ1) is 14.5. The average Bonchev–Trinajstić information content (AvgIpc) is 3.12. The van der Waals surface area contributed by atoms with Gasteiger partial charge in [0.15, 0.2) is 6.61 Å². The maximum Gasteiger partial charge on any atom is 0.339 e. The molecule has 0 bridgehead atoms. The molecule has 7 heteroatoms. The van der Waals surface area contributed by atoms with Gasteiger partial charge in [-0.1, -0.05) is 48.5 Å². The Balaban J connectivity index is 1.73. The second kappa shape index (κ2) is 8.16. The van der Waals surface area contributed by atoms with Crippen LogP contribution < -0.4 is 11.1 Å². The van der Waals surface area contributed by atoms with Gasteiger partial charge < -0.3 is 10.5 Å². The van der Waals surface area contributed by atoms with Gasteiger partial charge in [-0.3, -0.25) is 10.1 Å². The molecule has 0 aliphatic heterocycles. The van der Waals surface area contributed by atoms with Gasteiger partial charge in [0.05, 0.1) is 16.8 Å². The number of nitrogens with one attached hydrogen (secondary N) is 1. The Hall–Kier alpha value is -4.00. The van der Waals surface area contributed by atoms with Crippen LogP contribution in [0.15, 0.2) is 54.6 Å². The minimum atomic E-state index is -0.998. The summed E-state index contributed by atoms with van der Waals surface area (Å²) in [6, 6.07) is 16.2. The lowest BCUT2D eigenvalue weighted by atomic mass is 10.0. The molecule has 1 aliphatic carbocycles. The highest BCUT2D eigenvalue weighted by molar-refractivity contribution is 6.07. The average molecular weight is 401 g/mol. The predicted molar refractivity (Wildman–Crippen MR) is 112 cm³/mol. The normalized spacial score (nSPS) is 13.8. The number of nitrogens with two attached hydrogens (primary N) is 1. The quantitative estimate of drug-likeness (QED) is 0.653. The molecular weight excluding hydrogens is 382 g/mol. The van der Waals surface area contributed by atoms with Crippen molar-refractivity contribution in [2.45, 2.75) is 12.8 Å². The summed E-state index contributed by atoms with van der Waals surface area (Å²) in [5.41, 5.74) is 9.66. The third-order valence-corrected chi connectivity index (χ3v) is 4.88. The number of para-hydroxylation sites is 1. The highest BCUT2D eigenvalue weighted by atomic mass is 16.5. The molecule has 0 saturated heterocycles. The molecule has 1 heterocycles. The van der Waals surface area contributed by atoms with Crippen LogP contribution in [0.3, 0.4) is 0 Å². The Morgan fingerprint density at radius 3 is 2.53 bits per heavy atom. The zero-order valence-corrected chi connectivity index (χ0v) is 16.1. The van der Waals surface area contributed by atoms with Crippen LogP contribution in [0, 0.1) is 0 Å². The van der Waals surface area contributed by atoms with Gasteiger partial charge in [0.1, 0.15) is 0 Å². The fourth-order valence-corrected chi connectivity index (χ4v) is 3.64. The van der Waals surface area contributed by atoms with E-state index in [0.29, 0.717) is 22.9 Å². The lowest BCUT2D eigenvalue weighted by Gasteiger charge is -2.12. The number of hydrogen-bond acceptors (Lipinski definition) is 5. The van der Waals surface area contributed by atoms with E-state index in [2.05, 4.69) is 6.08 Å². The van der Waals surface area contributed by atoms with E-state index < -0.39 is 24.5 Å². The number of esters is 1. The lowest BCUT2D eigenvalue weighted by molar-refractivity contribution is -0.123. The summed E-state index contributed by atoms with van der Waals surface area (Å²) in [7, 11) is 0. The molecule has 1 aliphatic rings. The van der Waals surface area contributed by atoms with E-state index in [1.54, 1.807) is 0 Å². The smallest absolute Gasteiger partial charge is 0.339 e. The molecule has 2 aromatic carbocycles. The van der Waals surface area contributed by atoms with Crippen molar-refractivity contribution in [2.75, 3.05) is 6.61 Å². The molecule has 7 nitrogen and oxygen atoms in total. The van der Waals surface area contributed by atoms with Crippen molar-refractivity contribution in [3.8, 4) is 0 Å². The Kier molecular flexibility index (Phi) is 5.26. The number of primary amides is 1. The number of carbonyl (C=O) groups excluding carboxylic acids is 3. The Morgan fingerprint density at radius 1 is 1.03 bits per heavy atom. The fourth-order valence-electron chi connectivity index (χ4n) is 3.64. The van der Waals surface area contributed by atoms with Crippen molar-refractivity contribution in [3.63, 3.8) is 0 Å². The number of pyridine rings is 1. The summed E-state index contributed by atoms with van der Waals surface area (Å²) in [6.07, 6.45) is 3.46. The number of allylic oxidation sites excluding steroid dienone is 1. The molecule has 3 amide bonds. The molecule has 3 aromatic rings. The van der Waals surface area contributed by atoms with Crippen LogP contribution in [0.5, 0.6) is 0 Å². The van der Waals surface area contributed by atoms with E-state index in [4.69, 9.17) is 15.5 Å². The number of imide groups is 1. The van der Waals surface area contributed by atoms with Crippen molar-refractivity contribution < 1.29 is 19.1 Å². The summed E-state index contributed by atoms with van der Waals surface area (Å²) in [5.74, 6) is -1.42. The maximum atomic E-state index is 12.9. The minimum Gasteiger partial charge on any atom is -0.452 e. The summed E-state index contributed by atoms with van der Waals surface area (Å²) in [6.45, 7) is -0.597. The lowest BCUT2D eigenvalue weighted by Crippen LogP contribution is -2.37. The molecule has 0 unspecified atom stereocenters. The van der Waals surface area contributed by atoms with Crippen LogP contribution in [-0.4, -0.2) is 29.5 Å². The molecule has 0 spiro atoms. The van der Waals surface area contributed by atoms with Crippen molar-refractivity contribution in [1.29, 1.82) is 0 Å². The number of amides is 3. The number of urea groups is 1. The molecule has 30 heavy (non-hydrogen) atoms. The highest BCUT2D eigenvalue weighted by Gasteiger charge is 2.28. The molecular formula is C23H19N3O4. The molecule has 0 saturated carbocycles. The fraction of sp³-hybridized carbons (Fsp3) is 0.130. The van der Waals surface area contributed by atoms with E-state index >= 15 is 0 Å². The van der Waals surface area contributed by atoms with Crippen LogP contribution >= 0.6 is 0 Å². The van der Waals surface area contributed by atoms with E-state index in [0.717, 1.165) is 28.8 Å². The molecule has 0 radical (unpaired) electrons. The van der Waals surface area contributed by atoms with Crippen LogP contribution in [0.4, 0.5) is 4.79 Å². The first-order valence-electron chi connectivity index (χ1n) is 9.47. The van der Waals surface area contributed by atoms with Gasteiger partial charge in [-0.05, 0) is 41.7 Å². The molecule has 0 fully saturated rings. The van der Waals surface area contributed by atoms with Crippen LogP contribution in [0.1, 0.15) is 33.6 Å². The van der Waals surface area contributed by atoms with E-state index in [-0.39, 0.29) is 0 Å². The Morgan fingerprint density at radius 2 is 1.77 bits per heavy atom. The second-order valence-corrected chi connectivity index (χ2v) is 6.90. The molecule has 1 aromatic heterocycles. The van der Waals surface area contributed by atoms with Gasteiger partial charge in [-0.15, -0.1) is 0 Å². The monoisotopic (exact) mass is 401 g/mol. The highest BCUT2D eigenvalue weighted by Crippen LogP contribution is 2.37. The minimum absolute atomic E-state index is 0.402. The van der Waals surface area contributed by atoms with Gasteiger partial charge in [0.2, 0.25) is 0 Å². The number of hydrogen-bond donors (Lipinski definition) is 2. The van der Waals surface area contributed by atoms with Gasteiger partial charge in [0.25, 0.3) is 5.91 Å². The van der Waals surface area contributed by atoms with Gasteiger partial charge in [-0.2, -0.15) is 0 Å². The number of aromatic nitrogens is 1. The number of rotatable bonds is 4. The van der Waals surface area contributed by atoms with E-state index in [1.165, 1.54) is 0 Å². The third-order valence-electron chi connectivity index (χ3n) is 4.88. The first-order valence-corrected chi connectivity index (χ1v) is 9.47. The van der Waals surface area contributed by atoms with Gasteiger partial charge >= 0.3 is 12.0 Å². The van der Waals surface area contributed by atoms with Crippen molar-refractivity contribution in [1.82, 2.24) is 10.3 Å². The van der Waals surface area contributed by atoms with Gasteiger partial charge in [-0.25, -0.2) is 14.6 Å². The van der Waals surface area contributed by atoms with Crippen molar-refractivity contribution in [2.24, 2.45) is 5.73 Å². The van der Waals surface area contributed by atoms with Gasteiger partial charge in [0, 0.05) is 5.39 Å². The number of carbonyl (C=O) groups is 3. The number of ether oxygens (including phenoxy) is 1. The van der Waals surface area contributed by atoms with Crippen LogP contribution in [-0.2, 0) is 16.0 Å².